The van der Waals surface area contributed by atoms with Crippen molar-refractivity contribution in [2.45, 2.75) is 32.2 Å². The average Bonchev–Trinajstić information content (AvgIpc) is 3.16. The Labute approximate surface area is 159 Å². The number of hydrogen-bond acceptors (Lipinski definition) is 6. The second kappa shape index (κ2) is 10.5. The van der Waals surface area contributed by atoms with E-state index in [1.54, 1.807) is 12.0 Å². The summed E-state index contributed by atoms with van der Waals surface area (Å²) >= 11 is 0. The average molecular weight is 374 g/mol. The van der Waals surface area contributed by atoms with Gasteiger partial charge < -0.3 is 18.8 Å². The second-order valence-corrected chi connectivity index (χ2v) is 6.10. The molecule has 1 aromatic carbocycles. The molecule has 0 saturated heterocycles. The highest BCUT2D eigenvalue weighted by atomic mass is 16.5. The molecule has 2 aromatic rings. The predicted molar refractivity (Wildman–Crippen MR) is 99.2 cm³/mol. The van der Waals surface area contributed by atoms with E-state index in [1.165, 1.54) is 13.4 Å². The van der Waals surface area contributed by atoms with Crippen molar-refractivity contribution in [3.63, 3.8) is 0 Å². The van der Waals surface area contributed by atoms with Crippen molar-refractivity contribution < 1.29 is 23.5 Å². The number of methoxy groups -OCH3 is 2. The first-order valence-electron chi connectivity index (χ1n) is 8.96. The Morgan fingerprint density at radius 3 is 2.59 bits per heavy atom. The predicted octanol–water partition coefficient (Wildman–Crippen LogP) is 3.02. The largest absolute Gasteiger partial charge is 0.464 e. The summed E-state index contributed by atoms with van der Waals surface area (Å²) in [5.41, 5.74) is 1.07. The molecule has 0 aliphatic carbocycles. The fourth-order valence-electron chi connectivity index (χ4n) is 2.87. The van der Waals surface area contributed by atoms with Gasteiger partial charge in [-0.15, -0.1) is 0 Å². The van der Waals surface area contributed by atoms with E-state index < -0.39 is 5.97 Å². The molecule has 1 aromatic heterocycles. The van der Waals surface area contributed by atoms with E-state index in [-0.39, 0.29) is 24.1 Å². The minimum absolute atomic E-state index is 0.00220. The SMILES string of the molecule is CC[C@@H](C(=O)N(CCCOC)Cc1nc(C(=O)OC)co1)c1ccccc1. The highest BCUT2D eigenvalue weighted by Crippen LogP contribution is 2.23. The zero-order chi connectivity index (χ0) is 19.6. The van der Waals surface area contributed by atoms with Gasteiger partial charge in [-0.2, -0.15) is 0 Å². The van der Waals surface area contributed by atoms with Gasteiger partial charge in [0.15, 0.2) is 5.69 Å². The van der Waals surface area contributed by atoms with E-state index >= 15 is 0 Å². The number of ether oxygens (including phenoxy) is 2. The highest BCUT2D eigenvalue weighted by molar-refractivity contribution is 5.86. The monoisotopic (exact) mass is 374 g/mol. The fraction of sp³-hybridized carbons (Fsp3) is 0.450. The summed E-state index contributed by atoms with van der Waals surface area (Å²) in [6, 6.07) is 9.70. The number of esters is 1. The molecule has 1 amide bonds. The van der Waals surface area contributed by atoms with Gasteiger partial charge in [0.25, 0.3) is 0 Å². The van der Waals surface area contributed by atoms with E-state index in [4.69, 9.17) is 9.15 Å². The second-order valence-electron chi connectivity index (χ2n) is 6.10. The van der Waals surface area contributed by atoms with Crippen LogP contribution in [-0.2, 0) is 20.8 Å². The highest BCUT2D eigenvalue weighted by Gasteiger charge is 2.26. The molecule has 1 heterocycles. The number of rotatable bonds is 10. The van der Waals surface area contributed by atoms with Gasteiger partial charge in [0.05, 0.1) is 19.6 Å². The Morgan fingerprint density at radius 2 is 1.96 bits per heavy atom. The van der Waals surface area contributed by atoms with Crippen molar-refractivity contribution in [3.05, 3.63) is 53.7 Å². The number of carbonyl (C=O) groups excluding carboxylic acids is 2. The Morgan fingerprint density at radius 1 is 1.22 bits per heavy atom. The maximum atomic E-state index is 13.2. The summed E-state index contributed by atoms with van der Waals surface area (Å²) < 4.78 is 15.1. The van der Waals surface area contributed by atoms with Crippen LogP contribution in [0.1, 0.15) is 47.6 Å². The molecule has 0 radical (unpaired) electrons. The minimum Gasteiger partial charge on any atom is -0.464 e. The van der Waals surface area contributed by atoms with Crippen LogP contribution in [0.5, 0.6) is 0 Å². The number of hydrogen-bond donors (Lipinski definition) is 0. The Balaban J connectivity index is 2.18. The molecular formula is C20H26N2O5. The van der Waals surface area contributed by atoms with Crippen LogP contribution in [-0.4, -0.2) is 49.1 Å². The van der Waals surface area contributed by atoms with Gasteiger partial charge in [-0.1, -0.05) is 37.3 Å². The number of aromatic nitrogens is 1. The maximum absolute atomic E-state index is 13.2. The summed E-state index contributed by atoms with van der Waals surface area (Å²) in [4.78, 5) is 30.6. The van der Waals surface area contributed by atoms with Gasteiger partial charge in [-0.05, 0) is 18.4 Å². The van der Waals surface area contributed by atoms with Gasteiger partial charge in [0.2, 0.25) is 11.8 Å². The standard InChI is InChI=1S/C20H26N2O5/c1-4-16(15-9-6-5-7-10-15)19(23)22(11-8-12-25-2)13-18-21-17(14-27-18)20(24)26-3/h5-7,9-10,14,16H,4,8,11-13H2,1-3H3/t16-/m1/s1. The molecule has 0 aliphatic heterocycles. The number of oxazole rings is 1. The van der Waals surface area contributed by atoms with Crippen LogP contribution < -0.4 is 0 Å². The van der Waals surface area contributed by atoms with E-state index in [2.05, 4.69) is 9.72 Å². The summed E-state index contributed by atoms with van der Waals surface area (Å²) in [6.45, 7) is 3.23. The van der Waals surface area contributed by atoms with Crippen molar-refractivity contribution in [2.75, 3.05) is 27.4 Å². The quantitative estimate of drug-likeness (QED) is 0.470. The Kier molecular flexibility index (Phi) is 8.00. The van der Waals surface area contributed by atoms with E-state index in [0.29, 0.717) is 31.9 Å². The zero-order valence-corrected chi connectivity index (χ0v) is 16.0. The minimum atomic E-state index is -0.571. The summed E-state index contributed by atoms with van der Waals surface area (Å²) in [7, 11) is 2.91. The number of benzene rings is 1. The van der Waals surface area contributed by atoms with Crippen molar-refractivity contribution in [2.24, 2.45) is 0 Å². The lowest BCUT2D eigenvalue weighted by Gasteiger charge is -2.26. The molecule has 0 saturated carbocycles. The first-order valence-corrected chi connectivity index (χ1v) is 8.96. The van der Waals surface area contributed by atoms with E-state index in [9.17, 15) is 9.59 Å². The third-order valence-corrected chi connectivity index (χ3v) is 4.27. The Hall–Kier alpha value is -2.67. The topological polar surface area (TPSA) is 81.9 Å². The number of carbonyl (C=O) groups is 2. The van der Waals surface area contributed by atoms with Crippen LogP contribution in [0, 0.1) is 0 Å². The van der Waals surface area contributed by atoms with Crippen LogP contribution in [0.3, 0.4) is 0 Å². The normalized spacial score (nSPS) is 11.8. The van der Waals surface area contributed by atoms with E-state index in [1.807, 2.05) is 37.3 Å². The molecule has 27 heavy (non-hydrogen) atoms. The third-order valence-electron chi connectivity index (χ3n) is 4.27. The van der Waals surface area contributed by atoms with Crippen molar-refractivity contribution in [3.8, 4) is 0 Å². The van der Waals surface area contributed by atoms with Crippen LogP contribution in [0.2, 0.25) is 0 Å². The summed E-state index contributed by atoms with van der Waals surface area (Å²) in [5.74, 6) is -0.525. The lowest BCUT2D eigenvalue weighted by molar-refractivity contribution is -0.134. The van der Waals surface area contributed by atoms with Crippen LogP contribution in [0.15, 0.2) is 41.0 Å². The van der Waals surface area contributed by atoms with Crippen molar-refractivity contribution in [1.29, 1.82) is 0 Å². The lowest BCUT2D eigenvalue weighted by atomic mass is 9.95. The van der Waals surface area contributed by atoms with Gasteiger partial charge in [0, 0.05) is 20.3 Å². The first kappa shape index (κ1) is 20.6. The molecule has 2 rings (SSSR count). The molecule has 7 heteroatoms. The maximum Gasteiger partial charge on any atom is 0.360 e. The van der Waals surface area contributed by atoms with Gasteiger partial charge in [-0.3, -0.25) is 4.79 Å². The smallest absolute Gasteiger partial charge is 0.360 e. The van der Waals surface area contributed by atoms with Crippen molar-refractivity contribution >= 4 is 11.9 Å². The molecule has 1 atom stereocenters. The van der Waals surface area contributed by atoms with Gasteiger partial charge >= 0.3 is 5.97 Å². The molecule has 0 unspecified atom stereocenters. The molecule has 0 fully saturated rings. The van der Waals surface area contributed by atoms with Gasteiger partial charge in [0.1, 0.15) is 6.26 Å². The van der Waals surface area contributed by atoms with Crippen LogP contribution in [0.25, 0.3) is 0 Å². The Bertz CT molecular complexity index is 729. The zero-order valence-electron chi connectivity index (χ0n) is 16.0. The fourth-order valence-corrected chi connectivity index (χ4v) is 2.87. The van der Waals surface area contributed by atoms with Crippen molar-refractivity contribution in [1.82, 2.24) is 9.88 Å². The van der Waals surface area contributed by atoms with E-state index in [0.717, 1.165) is 5.56 Å². The third kappa shape index (κ3) is 5.65. The summed E-state index contributed by atoms with van der Waals surface area (Å²) in [5, 5.41) is 0. The van der Waals surface area contributed by atoms with Crippen LogP contribution in [0.4, 0.5) is 0 Å². The molecular weight excluding hydrogens is 348 g/mol. The number of amides is 1. The van der Waals surface area contributed by atoms with Crippen LogP contribution >= 0.6 is 0 Å². The molecule has 7 nitrogen and oxygen atoms in total. The van der Waals surface area contributed by atoms with Gasteiger partial charge in [-0.25, -0.2) is 9.78 Å². The molecule has 0 bridgehead atoms. The lowest BCUT2D eigenvalue weighted by Crippen LogP contribution is -2.36. The number of nitrogens with zero attached hydrogens (tertiary/aromatic N) is 2. The first-order chi connectivity index (χ1) is 13.1. The molecule has 0 aliphatic rings. The molecule has 0 N–H and O–H groups in total. The summed E-state index contributed by atoms with van der Waals surface area (Å²) in [6.07, 6.45) is 2.62. The molecule has 146 valence electrons. The molecule has 0 spiro atoms.